The molecule has 0 spiro atoms. The molecule has 14 heavy (non-hydrogen) atoms. The average molecular weight is 214 g/mol. The van der Waals surface area contributed by atoms with Gasteiger partial charge in [-0.25, -0.2) is 0 Å². The number of hydrogen-bond donors (Lipinski definition) is 0. The summed E-state index contributed by atoms with van der Waals surface area (Å²) >= 11 is 0. The zero-order valence-corrected chi connectivity index (χ0v) is 10.8. The van der Waals surface area contributed by atoms with Crippen molar-refractivity contribution in [2.24, 2.45) is 0 Å². The van der Waals surface area contributed by atoms with Crippen LogP contribution in [0.5, 0.6) is 0 Å². The van der Waals surface area contributed by atoms with Gasteiger partial charge in [0.15, 0.2) is 8.32 Å². The molecule has 0 amide bonds. The minimum atomic E-state index is -1.57. The molecule has 0 radical (unpaired) electrons. The quantitative estimate of drug-likeness (QED) is 0.370. The highest BCUT2D eigenvalue weighted by atomic mass is 28.4. The molecule has 3 heteroatoms. The summed E-state index contributed by atoms with van der Waals surface area (Å²) in [6.07, 6.45) is 5.07. The van der Waals surface area contributed by atoms with Gasteiger partial charge in [0.2, 0.25) is 0 Å². The molecule has 0 aromatic rings. The maximum absolute atomic E-state index is 10.6. The van der Waals surface area contributed by atoms with Gasteiger partial charge in [-0.1, -0.05) is 6.08 Å². The Morgan fingerprint density at radius 3 is 2.36 bits per heavy atom. The van der Waals surface area contributed by atoms with Crippen LogP contribution in [0.3, 0.4) is 0 Å². The van der Waals surface area contributed by atoms with Crippen molar-refractivity contribution in [3.63, 3.8) is 0 Å². The van der Waals surface area contributed by atoms with Crippen LogP contribution in [-0.4, -0.2) is 20.2 Å². The number of rotatable bonds is 7. The number of aldehydes is 1. The lowest BCUT2D eigenvalue weighted by atomic mass is 9.97. The third-order valence-electron chi connectivity index (χ3n) is 1.95. The van der Waals surface area contributed by atoms with Crippen LogP contribution in [0, 0.1) is 0 Å². The molecule has 0 unspecified atom stereocenters. The largest absolute Gasteiger partial charge is 0.412 e. The van der Waals surface area contributed by atoms with E-state index in [0.717, 1.165) is 19.1 Å². The highest BCUT2D eigenvalue weighted by molar-refractivity contribution is 6.69. The van der Waals surface area contributed by atoms with E-state index in [1.165, 1.54) is 0 Å². The molecule has 0 rings (SSSR count). The summed E-state index contributed by atoms with van der Waals surface area (Å²) in [6.45, 7) is 12.1. The second-order valence-electron chi connectivity index (χ2n) is 4.86. The van der Waals surface area contributed by atoms with Crippen LogP contribution in [-0.2, 0) is 9.22 Å². The van der Waals surface area contributed by atoms with E-state index in [9.17, 15) is 4.79 Å². The van der Waals surface area contributed by atoms with E-state index in [4.69, 9.17) is 4.43 Å². The molecule has 0 bridgehead atoms. The Balaban J connectivity index is 4.37. The fourth-order valence-electron chi connectivity index (χ4n) is 1.52. The van der Waals surface area contributed by atoms with Crippen molar-refractivity contribution in [1.29, 1.82) is 0 Å². The molecule has 0 aromatic heterocycles. The highest BCUT2D eigenvalue weighted by Crippen LogP contribution is 2.25. The molecule has 0 aromatic carbocycles. The van der Waals surface area contributed by atoms with Crippen LogP contribution >= 0.6 is 0 Å². The normalized spacial score (nSPS) is 16.0. The minimum absolute atomic E-state index is 0.291. The molecule has 0 saturated carbocycles. The van der Waals surface area contributed by atoms with Gasteiger partial charge in [0.25, 0.3) is 0 Å². The van der Waals surface area contributed by atoms with Crippen molar-refractivity contribution in [3.05, 3.63) is 12.7 Å². The minimum Gasteiger partial charge on any atom is -0.412 e. The molecule has 1 atom stereocenters. The van der Waals surface area contributed by atoms with Gasteiger partial charge in [-0.05, 0) is 39.4 Å². The number of hydrogen-bond acceptors (Lipinski definition) is 2. The lowest BCUT2D eigenvalue weighted by molar-refractivity contribution is -0.111. The zero-order valence-electron chi connectivity index (χ0n) is 9.80. The number of carbonyl (C=O) groups is 1. The number of allylic oxidation sites excluding steroid dienone is 1. The Bertz CT molecular complexity index is 196. The predicted octanol–water partition coefficient (Wildman–Crippen LogP) is 3.15. The maximum Gasteiger partial charge on any atom is 0.184 e. The summed E-state index contributed by atoms with van der Waals surface area (Å²) in [4.78, 5) is 10.6. The van der Waals surface area contributed by atoms with E-state index >= 15 is 0 Å². The third kappa shape index (κ3) is 6.10. The molecule has 0 heterocycles. The van der Waals surface area contributed by atoms with Gasteiger partial charge in [-0.3, -0.25) is 0 Å². The van der Waals surface area contributed by atoms with E-state index in [1.807, 2.05) is 13.0 Å². The fourth-order valence-corrected chi connectivity index (χ4v) is 3.18. The van der Waals surface area contributed by atoms with Crippen LogP contribution in [0.25, 0.3) is 0 Å². The second kappa shape index (κ2) is 5.46. The summed E-state index contributed by atoms with van der Waals surface area (Å²) in [5.41, 5.74) is -0.291. The van der Waals surface area contributed by atoms with Gasteiger partial charge in [-0.15, -0.1) is 6.58 Å². The Hall–Kier alpha value is -0.413. The van der Waals surface area contributed by atoms with Crippen LogP contribution < -0.4 is 0 Å². The van der Waals surface area contributed by atoms with E-state index in [0.29, 0.717) is 6.42 Å². The molecule has 0 aliphatic carbocycles. The van der Waals surface area contributed by atoms with Gasteiger partial charge < -0.3 is 9.22 Å². The summed E-state index contributed by atoms with van der Waals surface area (Å²) < 4.78 is 6.03. The van der Waals surface area contributed by atoms with Crippen LogP contribution in [0.15, 0.2) is 12.7 Å². The van der Waals surface area contributed by atoms with E-state index in [-0.39, 0.29) is 5.60 Å². The zero-order chi connectivity index (χ0) is 11.2. The Morgan fingerprint density at radius 2 is 2.00 bits per heavy atom. The van der Waals surface area contributed by atoms with Crippen molar-refractivity contribution < 1.29 is 9.22 Å². The van der Waals surface area contributed by atoms with Crippen LogP contribution in [0.1, 0.15) is 26.2 Å². The molecule has 0 saturated heterocycles. The highest BCUT2D eigenvalue weighted by Gasteiger charge is 2.30. The number of carbonyl (C=O) groups excluding carboxylic acids is 1. The third-order valence-corrected chi connectivity index (χ3v) is 3.05. The van der Waals surface area contributed by atoms with Crippen molar-refractivity contribution in [3.8, 4) is 0 Å². The average Bonchev–Trinajstić information content (AvgIpc) is 1.98. The molecule has 0 aliphatic rings. The van der Waals surface area contributed by atoms with Crippen LogP contribution in [0.2, 0.25) is 19.6 Å². The first-order valence-corrected chi connectivity index (χ1v) is 8.48. The molecule has 0 fully saturated rings. The summed E-state index contributed by atoms with van der Waals surface area (Å²) in [7, 11) is -1.57. The lowest BCUT2D eigenvalue weighted by Gasteiger charge is -2.35. The van der Waals surface area contributed by atoms with Crippen molar-refractivity contribution in [2.45, 2.75) is 51.4 Å². The SMILES string of the molecule is C=CCC[C@@](C)(CC=O)O[Si](C)(C)C. The molecule has 2 nitrogen and oxygen atoms in total. The second-order valence-corrected chi connectivity index (χ2v) is 9.29. The Labute approximate surface area is 88.5 Å². The van der Waals surface area contributed by atoms with Gasteiger partial charge in [0.05, 0.1) is 5.60 Å². The van der Waals surface area contributed by atoms with E-state index < -0.39 is 8.32 Å². The molecular weight excluding hydrogens is 192 g/mol. The molecular formula is C11H22O2Si. The predicted molar refractivity (Wildman–Crippen MR) is 62.9 cm³/mol. The Kier molecular flexibility index (Phi) is 5.30. The topological polar surface area (TPSA) is 26.3 Å². The lowest BCUT2D eigenvalue weighted by Crippen LogP contribution is -2.40. The summed E-state index contributed by atoms with van der Waals surface area (Å²) in [6, 6.07) is 0. The first-order chi connectivity index (χ1) is 6.33. The van der Waals surface area contributed by atoms with E-state index in [1.54, 1.807) is 0 Å². The molecule has 0 N–H and O–H groups in total. The molecule has 82 valence electrons. The monoisotopic (exact) mass is 214 g/mol. The standard InChI is InChI=1S/C11H22O2Si/c1-6-7-8-11(2,9-10-12)13-14(3,4)5/h6,10H,1,7-9H2,2-5H3/t11-/m0/s1. The smallest absolute Gasteiger partial charge is 0.184 e. The van der Waals surface area contributed by atoms with Gasteiger partial charge >= 0.3 is 0 Å². The van der Waals surface area contributed by atoms with Gasteiger partial charge in [0, 0.05) is 6.42 Å². The summed E-state index contributed by atoms with van der Waals surface area (Å²) in [5.74, 6) is 0. The molecule has 0 aliphatic heterocycles. The first-order valence-electron chi connectivity index (χ1n) is 5.08. The fraction of sp³-hybridized carbons (Fsp3) is 0.727. The van der Waals surface area contributed by atoms with Gasteiger partial charge in [0.1, 0.15) is 6.29 Å². The van der Waals surface area contributed by atoms with Gasteiger partial charge in [-0.2, -0.15) is 0 Å². The first kappa shape index (κ1) is 13.6. The maximum atomic E-state index is 10.6. The van der Waals surface area contributed by atoms with Crippen LogP contribution in [0.4, 0.5) is 0 Å². The van der Waals surface area contributed by atoms with Crippen molar-refractivity contribution in [2.75, 3.05) is 0 Å². The Morgan fingerprint density at radius 1 is 1.43 bits per heavy atom. The van der Waals surface area contributed by atoms with Crippen molar-refractivity contribution >= 4 is 14.6 Å². The summed E-state index contributed by atoms with van der Waals surface area (Å²) in [5, 5.41) is 0. The van der Waals surface area contributed by atoms with E-state index in [2.05, 4.69) is 26.2 Å². The van der Waals surface area contributed by atoms with Crippen molar-refractivity contribution in [1.82, 2.24) is 0 Å².